The molecule has 2 aromatic carbocycles. The maximum Gasteiger partial charge on any atom is 0.407 e. The van der Waals surface area contributed by atoms with E-state index in [2.05, 4.69) is 46.2 Å². The summed E-state index contributed by atoms with van der Waals surface area (Å²) in [5.74, 6) is 1.14. The number of amides is 1. The summed E-state index contributed by atoms with van der Waals surface area (Å²) in [6.07, 6.45) is 1.18. The van der Waals surface area contributed by atoms with E-state index in [1.165, 1.54) is 13.2 Å². The molecule has 0 aliphatic heterocycles. The average Bonchev–Trinajstić information content (AvgIpc) is 2.87. The maximum absolute atomic E-state index is 11.9. The molecule has 3 aromatic rings. The van der Waals surface area contributed by atoms with Gasteiger partial charge in [-0.3, -0.25) is 0 Å². The number of alkyl carbamates (subject to hydrolysis) is 1. The van der Waals surface area contributed by atoms with Crippen LogP contribution >= 0.6 is 0 Å². The molecule has 9 nitrogen and oxygen atoms in total. The van der Waals surface area contributed by atoms with Crippen LogP contribution in [0.5, 0.6) is 17.4 Å². The van der Waals surface area contributed by atoms with Crippen LogP contribution in [0.1, 0.15) is 69.1 Å². The van der Waals surface area contributed by atoms with Gasteiger partial charge in [-0.25, -0.2) is 9.59 Å². The molecule has 0 atom stereocenters. The number of nitrogens with zero attached hydrogens (tertiary/aromatic N) is 2. The second-order valence-corrected chi connectivity index (χ2v) is 11.1. The number of methoxy groups -OCH3 is 1. The molecule has 206 valence electrons. The van der Waals surface area contributed by atoms with Gasteiger partial charge < -0.3 is 24.3 Å². The lowest BCUT2D eigenvalue weighted by Gasteiger charge is -2.36. The van der Waals surface area contributed by atoms with Crippen molar-refractivity contribution in [3.63, 3.8) is 0 Å². The van der Waals surface area contributed by atoms with Crippen LogP contribution < -0.4 is 14.8 Å². The molecule has 39 heavy (non-hydrogen) atoms. The van der Waals surface area contributed by atoms with Crippen molar-refractivity contribution in [2.24, 2.45) is 0 Å². The number of hydrogen-bond acceptors (Lipinski definition) is 8. The van der Waals surface area contributed by atoms with Crippen LogP contribution in [0, 0.1) is 0 Å². The number of hydrogen-bond donors (Lipinski definition) is 1. The molecule has 0 radical (unpaired) electrons. The molecular weight excluding hydrogens is 498 g/mol. The largest absolute Gasteiger partial charge is 0.490 e. The van der Waals surface area contributed by atoms with Crippen LogP contribution in [0.2, 0.25) is 0 Å². The molecule has 1 fully saturated rings. The molecule has 4 rings (SSSR count). The summed E-state index contributed by atoms with van der Waals surface area (Å²) in [5.41, 5.74) is 1.62. The molecule has 0 saturated heterocycles. The van der Waals surface area contributed by atoms with E-state index < -0.39 is 11.6 Å². The highest BCUT2D eigenvalue weighted by molar-refractivity contribution is 5.86. The smallest absolute Gasteiger partial charge is 0.407 e. The Morgan fingerprint density at radius 1 is 0.821 bits per heavy atom. The lowest BCUT2D eigenvalue weighted by molar-refractivity contribution is 0.0362. The zero-order chi connectivity index (χ0) is 28.2. The summed E-state index contributed by atoms with van der Waals surface area (Å²) in [6, 6.07) is 19.1. The summed E-state index contributed by atoms with van der Waals surface area (Å²) < 4.78 is 21.8. The number of benzene rings is 2. The lowest BCUT2D eigenvalue weighted by Crippen LogP contribution is -2.50. The Morgan fingerprint density at radius 2 is 1.41 bits per heavy atom. The molecule has 0 unspecified atom stereocenters. The predicted octanol–water partition coefficient (Wildman–Crippen LogP) is 5.82. The number of ether oxygens (including phenoxy) is 4. The number of rotatable bonds is 8. The SMILES string of the molecule is COC(=O)c1ccc(Oc2ccc(C(C)(C)c3ccc(OC4CC(NC(=O)OC(C)(C)C)C4)cc3)cc2)nn1. The monoisotopic (exact) mass is 533 g/mol. The van der Waals surface area contributed by atoms with Crippen molar-refractivity contribution in [1.82, 2.24) is 15.5 Å². The summed E-state index contributed by atoms with van der Waals surface area (Å²) in [7, 11) is 1.29. The predicted molar refractivity (Wildman–Crippen MR) is 145 cm³/mol. The minimum absolute atomic E-state index is 0.0673. The fourth-order valence-corrected chi connectivity index (χ4v) is 4.21. The third-order valence-corrected chi connectivity index (χ3v) is 6.53. The number of carbonyl (C=O) groups excluding carboxylic acids is 2. The van der Waals surface area contributed by atoms with Gasteiger partial charge in [-0.2, -0.15) is 0 Å². The summed E-state index contributed by atoms with van der Waals surface area (Å²) in [5, 5.41) is 10.6. The molecular formula is C30H35N3O6. The minimum Gasteiger partial charge on any atom is -0.490 e. The second-order valence-electron chi connectivity index (χ2n) is 11.1. The van der Waals surface area contributed by atoms with E-state index in [4.69, 9.17) is 14.2 Å². The molecule has 1 heterocycles. The van der Waals surface area contributed by atoms with Crippen LogP contribution in [-0.4, -0.2) is 47.1 Å². The molecule has 1 aliphatic carbocycles. The second kappa shape index (κ2) is 11.3. The Hall–Kier alpha value is -4.14. The lowest BCUT2D eigenvalue weighted by atomic mass is 9.78. The summed E-state index contributed by atoms with van der Waals surface area (Å²) in [6.45, 7) is 9.86. The van der Waals surface area contributed by atoms with Crippen LogP contribution in [0.3, 0.4) is 0 Å². The first-order valence-corrected chi connectivity index (χ1v) is 12.9. The van der Waals surface area contributed by atoms with Gasteiger partial charge in [0.2, 0.25) is 5.88 Å². The van der Waals surface area contributed by atoms with Crippen molar-refractivity contribution in [3.8, 4) is 17.4 Å². The fourth-order valence-electron chi connectivity index (χ4n) is 4.21. The number of aromatic nitrogens is 2. The van der Waals surface area contributed by atoms with E-state index in [1.54, 1.807) is 6.07 Å². The van der Waals surface area contributed by atoms with Gasteiger partial charge in [0.15, 0.2) is 5.69 Å². The van der Waals surface area contributed by atoms with Crippen LogP contribution in [0.25, 0.3) is 0 Å². The normalized spacial score (nSPS) is 17.0. The van der Waals surface area contributed by atoms with Crippen molar-refractivity contribution < 1.29 is 28.5 Å². The van der Waals surface area contributed by atoms with Gasteiger partial charge in [-0.05, 0) is 62.2 Å². The Bertz CT molecular complexity index is 1280. The fraction of sp³-hybridized carbons (Fsp3) is 0.400. The third-order valence-electron chi connectivity index (χ3n) is 6.53. The van der Waals surface area contributed by atoms with E-state index in [0.29, 0.717) is 5.75 Å². The van der Waals surface area contributed by atoms with Crippen molar-refractivity contribution in [2.75, 3.05) is 7.11 Å². The third kappa shape index (κ3) is 7.25. The van der Waals surface area contributed by atoms with Crippen LogP contribution in [0.15, 0.2) is 60.7 Å². The highest BCUT2D eigenvalue weighted by Crippen LogP contribution is 2.34. The van der Waals surface area contributed by atoms with Crippen molar-refractivity contribution in [2.45, 2.75) is 70.6 Å². The zero-order valence-electron chi connectivity index (χ0n) is 23.2. The van der Waals surface area contributed by atoms with Crippen LogP contribution in [-0.2, 0) is 14.9 Å². The minimum atomic E-state index is -0.551. The molecule has 0 bridgehead atoms. The molecule has 1 N–H and O–H groups in total. The van der Waals surface area contributed by atoms with Gasteiger partial charge in [0, 0.05) is 30.4 Å². The number of carbonyl (C=O) groups is 2. The first kappa shape index (κ1) is 27.9. The van der Waals surface area contributed by atoms with Gasteiger partial charge >= 0.3 is 12.1 Å². The molecule has 1 aromatic heterocycles. The van der Waals surface area contributed by atoms with Crippen molar-refractivity contribution in [1.29, 1.82) is 0 Å². The highest BCUT2D eigenvalue weighted by Gasteiger charge is 2.33. The van der Waals surface area contributed by atoms with Gasteiger partial charge in [-0.15, -0.1) is 10.2 Å². The summed E-state index contributed by atoms with van der Waals surface area (Å²) in [4.78, 5) is 23.4. The Balaban J connectivity index is 1.30. The maximum atomic E-state index is 11.9. The first-order valence-electron chi connectivity index (χ1n) is 12.9. The van der Waals surface area contributed by atoms with E-state index in [0.717, 1.165) is 29.7 Å². The quantitative estimate of drug-likeness (QED) is 0.361. The molecule has 0 spiro atoms. The molecule has 1 aliphatic rings. The van der Waals surface area contributed by atoms with Gasteiger partial charge in [0.05, 0.1) is 7.11 Å². The summed E-state index contributed by atoms with van der Waals surface area (Å²) >= 11 is 0. The highest BCUT2D eigenvalue weighted by atomic mass is 16.6. The standard InChI is InChI=1S/C30H35N3O6/c1-29(2,3)39-28(35)31-21-17-24(18-21)37-22-11-7-19(8-12-22)30(4,5)20-9-13-23(14-10-20)38-26-16-15-25(32-33-26)27(34)36-6/h7-16,21,24H,17-18H2,1-6H3,(H,31,35). The molecule has 1 saturated carbocycles. The van der Waals surface area contributed by atoms with E-state index in [1.807, 2.05) is 57.2 Å². The van der Waals surface area contributed by atoms with E-state index in [-0.39, 0.29) is 35.2 Å². The Labute approximate surface area is 228 Å². The van der Waals surface area contributed by atoms with Crippen LogP contribution in [0.4, 0.5) is 4.79 Å². The van der Waals surface area contributed by atoms with Gasteiger partial charge in [0.1, 0.15) is 23.2 Å². The topological polar surface area (TPSA) is 109 Å². The average molecular weight is 534 g/mol. The first-order chi connectivity index (χ1) is 18.4. The van der Waals surface area contributed by atoms with Crippen molar-refractivity contribution >= 4 is 12.1 Å². The molecule has 1 amide bonds. The number of nitrogens with one attached hydrogen (secondary N) is 1. The van der Waals surface area contributed by atoms with E-state index >= 15 is 0 Å². The Kier molecular flexibility index (Phi) is 8.09. The van der Waals surface area contributed by atoms with Crippen molar-refractivity contribution in [3.05, 3.63) is 77.5 Å². The zero-order valence-corrected chi connectivity index (χ0v) is 23.2. The Morgan fingerprint density at radius 3 is 1.92 bits per heavy atom. The van der Waals surface area contributed by atoms with Gasteiger partial charge in [0.25, 0.3) is 0 Å². The molecule has 9 heteroatoms. The number of esters is 1. The van der Waals surface area contributed by atoms with E-state index in [9.17, 15) is 9.59 Å². The van der Waals surface area contributed by atoms with Gasteiger partial charge in [-0.1, -0.05) is 38.1 Å².